The minimum absolute atomic E-state index is 0.195. The third-order valence-electron chi connectivity index (χ3n) is 4.59. The maximum absolute atomic E-state index is 5.85. The van der Waals surface area contributed by atoms with Crippen molar-refractivity contribution < 1.29 is 14.0 Å². The topological polar surface area (TPSA) is 86.6 Å². The molecule has 1 atom stereocenters. The Morgan fingerprint density at radius 2 is 2.17 bits per heavy atom. The summed E-state index contributed by atoms with van der Waals surface area (Å²) in [4.78, 5) is 6.81. The number of nitrogens with two attached hydrogens (primary N) is 1. The Balaban J connectivity index is 1.47. The Morgan fingerprint density at radius 1 is 1.30 bits per heavy atom. The Kier molecular flexibility index (Phi) is 3.46. The minimum atomic E-state index is 0.195. The fourth-order valence-corrected chi connectivity index (χ4v) is 3.09. The van der Waals surface area contributed by atoms with Gasteiger partial charge in [-0.3, -0.25) is 4.90 Å². The van der Waals surface area contributed by atoms with Gasteiger partial charge >= 0.3 is 0 Å². The van der Waals surface area contributed by atoms with Crippen LogP contribution in [0.2, 0.25) is 0 Å². The van der Waals surface area contributed by atoms with Crippen LogP contribution in [-0.2, 0) is 6.54 Å². The summed E-state index contributed by atoms with van der Waals surface area (Å²) < 4.78 is 16.1. The SMILES string of the molecule is CC1(CN)CCN(Cc2nc(-c3ccc4c(c3)OCO4)no2)C1. The summed E-state index contributed by atoms with van der Waals surface area (Å²) in [6.45, 7) is 5.81. The number of hydrogen-bond acceptors (Lipinski definition) is 7. The third-order valence-corrected chi connectivity index (χ3v) is 4.59. The summed E-state index contributed by atoms with van der Waals surface area (Å²) in [7, 11) is 0. The highest BCUT2D eigenvalue weighted by Crippen LogP contribution is 2.35. The number of aromatic nitrogens is 2. The van der Waals surface area contributed by atoms with E-state index in [1.165, 1.54) is 0 Å². The fraction of sp³-hybridized carbons (Fsp3) is 0.500. The van der Waals surface area contributed by atoms with Crippen molar-refractivity contribution >= 4 is 0 Å². The summed E-state index contributed by atoms with van der Waals surface area (Å²) >= 11 is 0. The smallest absolute Gasteiger partial charge is 0.241 e. The normalized spacial score (nSPS) is 23.6. The van der Waals surface area contributed by atoms with E-state index in [4.69, 9.17) is 19.7 Å². The lowest BCUT2D eigenvalue weighted by Crippen LogP contribution is -2.31. The molecule has 1 fully saturated rings. The fourth-order valence-electron chi connectivity index (χ4n) is 3.09. The van der Waals surface area contributed by atoms with Crippen LogP contribution in [0.15, 0.2) is 22.7 Å². The van der Waals surface area contributed by atoms with Crippen molar-refractivity contribution in [1.82, 2.24) is 15.0 Å². The van der Waals surface area contributed by atoms with Crippen LogP contribution in [0, 0.1) is 5.41 Å². The van der Waals surface area contributed by atoms with Crippen molar-refractivity contribution in [2.24, 2.45) is 11.1 Å². The first-order valence-electron chi connectivity index (χ1n) is 7.80. The number of rotatable bonds is 4. The van der Waals surface area contributed by atoms with Gasteiger partial charge in [-0.1, -0.05) is 12.1 Å². The van der Waals surface area contributed by atoms with Gasteiger partial charge in [0.05, 0.1) is 6.54 Å². The molecule has 1 aromatic heterocycles. The highest BCUT2D eigenvalue weighted by atomic mass is 16.7. The number of benzene rings is 1. The van der Waals surface area contributed by atoms with Crippen LogP contribution in [0.4, 0.5) is 0 Å². The van der Waals surface area contributed by atoms with Gasteiger partial charge in [-0.25, -0.2) is 0 Å². The molecule has 2 aromatic rings. The van der Waals surface area contributed by atoms with Crippen molar-refractivity contribution in [2.75, 3.05) is 26.4 Å². The highest BCUT2D eigenvalue weighted by Gasteiger charge is 2.33. The largest absolute Gasteiger partial charge is 0.454 e. The van der Waals surface area contributed by atoms with E-state index in [2.05, 4.69) is 22.0 Å². The maximum atomic E-state index is 5.85. The quantitative estimate of drug-likeness (QED) is 0.917. The van der Waals surface area contributed by atoms with E-state index < -0.39 is 0 Å². The molecule has 4 rings (SSSR count). The second kappa shape index (κ2) is 5.50. The Hall–Kier alpha value is -2.12. The average molecular weight is 316 g/mol. The minimum Gasteiger partial charge on any atom is -0.454 e. The molecular formula is C16H20N4O3. The number of nitrogens with zero attached hydrogens (tertiary/aromatic N) is 3. The van der Waals surface area contributed by atoms with E-state index in [9.17, 15) is 0 Å². The lowest BCUT2D eigenvalue weighted by Gasteiger charge is -2.21. The van der Waals surface area contributed by atoms with Crippen molar-refractivity contribution in [3.05, 3.63) is 24.1 Å². The van der Waals surface area contributed by atoms with Gasteiger partial charge in [-0.15, -0.1) is 0 Å². The summed E-state index contributed by atoms with van der Waals surface area (Å²) in [5, 5.41) is 4.08. The Labute approximate surface area is 134 Å². The maximum Gasteiger partial charge on any atom is 0.241 e. The molecular weight excluding hydrogens is 296 g/mol. The van der Waals surface area contributed by atoms with Crippen LogP contribution in [0.3, 0.4) is 0 Å². The van der Waals surface area contributed by atoms with Gasteiger partial charge in [0.1, 0.15) is 0 Å². The van der Waals surface area contributed by atoms with Crippen molar-refractivity contribution in [1.29, 1.82) is 0 Å². The van der Waals surface area contributed by atoms with E-state index in [0.717, 1.165) is 30.8 Å². The molecule has 1 unspecified atom stereocenters. The zero-order chi connectivity index (χ0) is 15.9. The molecule has 2 aliphatic rings. The van der Waals surface area contributed by atoms with Crippen LogP contribution in [-0.4, -0.2) is 41.5 Å². The van der Waals surface area contributed by atoms with Crippen LogP contribution in [0.5, 0.6) is 11.5 Å². The van der Waals surface area contributed by atoms with Crippen LogP contribution in [0.25, 0.3) is 11.4 Å². The lowest BCUT2D eigenvalue weighted by atomic mass is 9.90. The molecule has 0 spiro atoms. The predicted octanol–water partition coefficient (Wildman–Crippen LogP) is 1.64. The molecule has 0 saturated carbocycles. The summed E-state index contributed by atoms with van der Waals surface area (Å²) in [5.41, 5.74) is 6.90. The van der Waals surface area contributed by atoms with Crippen molar-refractivity contribution in [3.8, 4) is 22.9 Å². The third kappa shape index (κ3) is 2.77. The summed E-state index contributed by atoms with van der Waals surface area (Å²) in [6, 6.07) is 5.64. The first kappa shape index (κ1) is 14.5. The van der Waals surface area contributed by atoms with Gasteiger partial charge in [0.15, 0.2) is 11.5 Å². The zero-order valence-corrected chi connectivity index (χ0v) is 13.1. The average Bonchev–Trinajstić information content (AvgIpc) is 3.27. The number of likely N-dealkylation sites (tertiary alicyclic amines) is 1. The van der Waals surface area contributed by atoms with Gasteiger partial charge in [0.25, 0.3) is 0 Å². The number of ether oxygens (including phenoxy) is 2. The van der Waals surface area contributed by atoms with Crippen LogP contribution in [0.1, 0.15) is 19.2 Å². The molecule has 0 amide bonds. The van der Waals surface area contributed by atoms with Crippen LogP contribution >= 0.6 is 0 Å². The van der Waals surface area contributed by atoms with Crippen molar-refractivity contribution in [2.45, 2.75) is 19.9 Å². The first-order valence-corrected chi connectivity index (χ1v) is 7.80. The van der Waals surface area contributed by atoms with Gasteiger partial charge in [-0.2, -0.15) is 4.98 Å². The lowest BCUT2D eigenvalue weighted by molar-refractivity contribution is 0.174. The van der Waals surface area contributed by atoms with E-state index in [0.29, 0.717) is 30.6 Å². The van der Waals surface area contributed by atoms with Crippen molar-refractivity contribution in [3.63, 3.8) is 0 Å². The van der Waals surface area contributed by atoms with E-state index in [1.807, 2.05) is 18.2 Å². The van der Waals surface area contributed by atoms with Crippen LogP contribution < -0.4 is 15.2 Å². The zero-order valence-electron chi connectivity index (χ0n) is 13.1. The standard InChI is InChI=1S/C16H20N4O3/c1-16(8-17)4-5-20(9-16)7-14-18-15(19-23-14)11-2-3-12-13(6-11)22-10-21-12/h2-3,6H,4-5,7-10,17H2,1H3. The van der Waals surface area contributed by atoms with E-state index in [-0.39, 0.29) is 12.2 Å². The molecule has 0 radical (unpaired) electrons. The van der Waals surface area contributed by atoms with Gasteiger partial charge in [-0.05, 0) is 43.1 Å². The Bertz CT molecular complexity index is 717. The molecule has 1 saturated heterocycles. The van der Waals surface area contributed by atoms with E-state index >= 15 is 0 Å². The molecule has 2 aliphatic heterocycles. The second-order valence-electron chi connectivity index (χ2n) is 6.56. The summed E-state index contributed by atoms with van der Waals surface area (Å²) in [5.74, 6) is 2.65. The molecule has 122 valence electrons. The monoisotopic (exact) mass is 316 g/mol. The molecule has 2 N–H and O–H groups in total. The Morgan fingerprint density at radius 3 is 3.00 bits per heavy atom. The molecule has 3 heterocycles. The second-order valence-corrected chi connectivity index (χ2v) is 6.56. The van der Waals surface area contributed by atoms with Gasteiger partial charge in [0, 0.05) is 12.1 Å². The van der Waals surface area contributed by atoms with Gasteiger partial charge < -0.3 is 19.7 Å². The molecule has 7 nitrogen and oxygen atoms in total. The highest BCUT2D eigenvalue weighted by molar-refractivity contribution is 5.61. The molecule has 23 heavy (non-hydrogen) atoms. The first-order chi connectivity index (χ1) is 11.1. The molecule has 0 aliphatic carbocycles. The predicted molar refractivity (Wildman–Crippen MR) is 82.9 cm³/mol. The van der Waals surface area contributed by atoms with Gasteiger partial charge in [0.2, 0.25) is 18.5 Å². The van der Waals surface area contributed by atoms with E-state index in [1.54, 1.807) is 0 Å². The molecule has 1 aromatic carbocycles. The number of hydrogen-bond donors (Lipinski definition) is 1. The molecule has 0 bridgehead atoms. The molecule has 7 heteroatoms. The number of fused-ring (bicyclic) bond motifs is 1. The summed E-state index contributed by atoms with van der Waals surface area (Å²) in [6.07, 6.45) is 1.10.